The van der Waals surface area contributed by atoms with Gasteiger partial charge in [-0.05, 0) is 50.3 Å². The minimum Gasteiger partial charge on any atom is -0.330 e. The van der Waals surface area contributed by atoms with Gasteiger partial charge >= 0.3 is 0 Å². The fraction of sp³-hybridized carbons (Fsp3) is 0.562. The lowest BCUT2D eigenvalue weighted by molar-refractivity contribution is -0.119. The summed E-state index contributed by atoms with van der Waals surface area (Å²) in [5.74, 6) is 0.663. The van der Waals surface area contributed by atoms with E-state index in [1.165, 1.54) is 11.1 Å². The molecular weight excluding hydrogens is 236 g/mol. The van der Waals surface area contributed by atoms with Crippen LogP contribution in [0.2, 0.25) is 0 Å². The molecule has 1 heterocycles. The number of carbonyl (C=O) groups excluding carboxylic acids is 1. The van der Waals surface area contributed by atoms with Crippen LogP contribution in [0.3, 0.4) is 0 Å². The highest BCUT2D eigenvalue weighted by atomic mass is 16.2. The van der Waals surface area contributed by atoms with Crippen LogP contribution in [0.15, 0.2) is 18.2 Å². The van der Waals surface area contributed by atoms with Crippen molar-refractivity contribution in [3.63, 3.8) is 0 Å². The van der Waals surface area contributed by atoms with Crippen molar-refractivity contribution >= 4 is 11.6 Å². The van der Waals surface area contributed by atoms with Crippen molar-refractivity contribution in [1.82, 2.24) is 0 Å². The predicted octanol–water partition coefficient (Wildman–Crippen LogP) is 2.65. The molecule has 0 fully saturated rings. The smallest absolute Gasteiger partial charge is 0.226 e. The fourth-order valence-electron chi connectivity index (χ4n) is 2.61. The minimum absolute atomic E-state index is 0.241. The van der Waals surface area contributed by atoms with Crippen LogP contribution in [0.5, 0.6) is 0 Å². The van der Waals surface area contributed by atoms with Gasteiger partial charge in [-0.3, -0.25) is 4.79 Å². The second kappa shape index (κ2) is 6.20. The second-order valence-electron chi connectivity index (χ2n) is 5.66. The summed E-state index contributed by atoms with van der Waals surface area (Å²) in [7, 11) is 0. The van der Waals surface area contributed by atoms with E-state index >= 15 is 0 Å². The molecule has 0 saturated heterocycles. The molecule has 19 heavy (non-hydrogen) atoms. The van der Waals surface area contributed by atoms with E-state index in [0.717, 1.165) is 31.5 Å². The lowest BCUT2D eigenvalue weighted by atomic mass is 9.98. The number of rotatable bonds is 4. The summed E-state index contributed by atoms with van der Waals surface area (Å²) in [5, 5.41) is 0. The molecule has 1 aromatic rings. The van der Waals surface area contributed by atoms with Gasteiger partial charge in [0.2, 0.25) is 5.91 Å². The minimum atomic E-state index is 0.241. The Morgan fingerprint density at radius 2 is 2.26 bits per heavy atom. The number of carbonyl (C=O) groups is 1. The SMILES string of the molecule is Cc1ccc2c(c1)CCCN2C(=O)CCC(C)CN. The molecule has 2 rings (SSSR count). The van der Waals surface area contributed by atoms with Gasteiger partial charge in [-0.25, -0.2) is 0 Å². The van der Waals surface area contributed by atoms with Crippen molar-refractivity contribution in [2.75, 3.05) is 18.0 Å². The molecule has 3 heteroatoms. The van der Waals surface area contributed by atoms with E-state index in [9.17, 15) is 4.79 Å². The third-order valence-electron chi connectivity index (χ3n) is 3.91. The van der Waals surface area contributed by atoms with Crippen molar-refractivity contribution < 1.29 is 4.79 Å². The summed E-state index contributed by atoms with van der Waals surface area (Å²) >= 11 is 0. The first-order valence-electron chi connectivity index (χ1n) is 7.21. The average Bonchev–Trinajstić information content (AvgIpc) is 2.43. The zero-order valence-electron chi connectivity index (χ0n) is 12.0. The van der Waals surface area contributed by atoms with E-state index < -0.39 is 0 Å². The summed E-state index contributed by atoms with van der Waals surface area (Å²) in [5.41, 5.74) is 9.30. The molecule has 2 N–H and O–H groups in total. The maximum absolute atomic E-state index is 12.4. The van der Waals surface area contributed by atoms with Crippen LogP contribution in [0.25, 0.3) is 0 Å². The van der Waals surface area contributed by atoms with Crippen LogP contribution >= 0.6 is 0 Å². The molecule has 1 amide bonds. The van der Waals surface area contributed by atoms with Crippen LogP contribution < -0.4 is 10.6 Å². The Bertz CT molecular complexity index is 456. The second-order valence-corrected chi connectivity index (χ2v) is 5.66. The number of nitrogens with zero attached hydrogens (tertiary/aromatic N) is 1. The number of aryl methyl sites for hydroxylation is 2. The molecule has 0 aromatic heterocycles. The Labute approximate surface area is 115 Å². The number of hydrogen-bond acceptors (Lipinski definition) is 2. The molecule has 0 aliphatic carbocycles. The van der Waals surface area contributed by atoms with E-state index in [1.54, 1.807) is 0 Å². The van der Waals surface area contributed by atoms with Crippen LogP contribution in [0.4, 0.5) is 5.69 Å². The van der Waals surface area contributed by atoms with Crippen molar-refractivity contribution in [2.24, 2.45) is 11.7 Å². The van der Waals surface area contributed by atoms with E-state index in [-0.39, 0.29) is 5.91 Å². The number of benzene rings is 1. The van der Waals surface area contributed by atoms with Gasteiger partial charge in [0.25, 0.3) is 0 Å². The lowest BCUT2D eigenvalue weighted by Gasteiger charge is -2.30. The Hall–Kier alpha value is -1.35. The molecule has 1 unspecified atom stereocenters. The van der Waals surface area contributed by atoms with Gasteiger partial charge in [0.1, 0.15) is 0 Å². The van der Waals surface area contributed by atoms with Gasteiger partial charge in [-0.15, -0.1) is 0 Å². The third-order valence-corrected chi connectivity index (χ3v) is 3.91. The summed E-state index contributed by atoms with van der Waals surface area (Å²) in [6.45, 7) is 5.71. The molecule has 3 nitrogen and oxygen atoms in total. The molecular formula is C16H24N2O. The molecule has 1 aliphatic heterocycles. The van der Waals surface area contributed by atoms with Crippen LogP contribution in [-0.2, 0) is 11.2 Å². The zero-order chi connectivity index (χ0) is 13.8. The van der Waals surface area contributed by atoms with Crippen molar-refractivity contribution in [2.45, 2.75) is 39.5 Å². The Morgan fingerprint density at radius 1 is 1.47 bits per heavy atom. The fourth-order valence-corrected chi connectivity index (χ4v) is 2.61. The van der Waals surface area contributed by atoms with Crippen LogP contribution in [-0.4, -0.2) is 19.0 Å². The van der Waals surface area contributed by atoms with Gasteiger partial charge in [0.05, 0.1) is 0 Å². The monoisotopic (exact) mass is 260 g/mol. The molecule has 0 saturated carbocycles. The van der Waals surface area contributed by atoms with Crippen LogP contribution in [0.1, 0.15) is 37.3 Å². The first-order chi connectivity index (χ1) is 9.11. The number of hydrogen-bond donors (Lipinski definition) is 1. The van der Waals surface area contributed by atoms with Gasteiger partial charge in [-0.2, -0.15) is 0 Å². The number of nitrogens with two attached hydrogens (primary N) is 1. The largest absolute Gasteiger partial charge is 0.330 e. The van der Waals surface area contributed by atoms with E-state index in [0.29, 0.717) is 18.9 Å². The molecule has 104 valence electrons. The van der Waals surface area contributed by atoms with E-state index in [1.807, 2.05) is 4.90 Å². The van der Waals surface area contributed by atoms with Gasteiger partial charge in [0, 0.05) is 18.7 Å². The first-order valence-corrected chi connectivity index (χ1v) is 7.21. The molecule has 0 bridgehead atoms. The van der Waals surface area contributed by atoms with E-state index in [2.05, 4.69) is 32.0 Å². The quantitative estimate of drug-likeness (QED) is 0.904. The van der Waals surface area contributed by atoms with Crippen molar-refractivity contribution in [3.05, 3.63) is 29.3 Å². The van der Waals surface area contributed by atoms with Gasteiger partial charge < -0.3 is 10.6 Å². The standard InChI is InChI=1S/C16H24N2O/c1-12-5-7-15-14(10-12)4-3-9-18(15)16(19)8-6-13(2)11-17/h5,7,10,13H,3-4,6,8-9,11,17H2,1-2H3. The predicted molar refractivity (Wildman–Crippen MR) is 79.3 cm³/mol. The van der Waals surface area contributed by atoms with Crippen molar-refractivity contribution in [3.8, 4) is 0 Å². The zero-order valence-corrected chi connectivity index (χ0v) is 12.0. The maximum atomic E-state index is 12.4. The average molecular weight is 260 g/mol. The molecule has 0 spiro atoms. The highest BCUT2D eigenvalue weighted by molar-refractivity contribution is 5.94. The van der Waals surface area contributed by atoms with Crippen molar-refractivity contribution in [1.29, 1.82) is 0 Å². The molecule has 0 radical (unpaired) electrons. The third kappa shape index (κ3) is 3.35. The normalized spacial score (nSPS) is 16.1. The number of amides is 1. The lowest BCUT2D eigenvalue weighted by Crippen LogP contribution is -2.35. The number of anilines is 1. The van der Waals surface area contributed by atoms with Gasteiger partial charge in [-0.1, -0.05) is 24.6 Å². The number of fused-ring (bicyclic) bond motifs is 1. The maximum Gasteiger partial charge on any atom is 0.226 e. The molecule has 1 atom stereocenters. The first kappa shape index (κ1) is 14.1. The highest BCUT2D eigenvalue weighted by Gasteiger charge is 2.22. The van der Waals surface area contributed by atoms with E-state index in [4.69, 9.17) is 5.73 Å². The van der Waals surface area contributed by atoms with Crippen LogP contribution in [0, 0.1) is 12.8 Å². The summed E-state index contributed by atoms with van der Waals surface area (Å²) in [6.07, 6.45) is 3.63. The summed E-state index contributed by atoms with van der Waals surface area (Å²) in [4.78, 5) is 14.3. The summed E-state index contributed by atoms with van der Waals surface area (Å²) in [6, 6.07) is 6.39. The van der Waals surface area contributed by atoms with Gasteiger partial charge in [0.15, 0.2) is 0 Å². The topological polar surface area (TPSA) is 46.3 Å². The molecule has 1 aromatic carbocycles. The molecule has 1 aliphatic rings. The Morgan fingerprint density at radius 3 is 3.00 bits per heavy atom. The summed E-state index contributed by atoms with van der Waals surface area (Å²) < 4.78 is 0. The Kier molecular flexibility index (Phi) is 4.59. The highest BCUT2D eigenvalue weighted by Crippen LogP contribution is 2.28. The Balaban J connectivity index is 2.08.